The molecule has 0 bridgehead atoms. The molecule has 0 unspecified atom stereocenters. The molecule has 2 heterocycles. The number of anilines is 1. The van der Waals surface area contributed by atoms with Gasteiger partial charge in [-0.2, -0.15) is 0 Å². The number of hydrogen-bond donors (Lipinski definition) is 0. The third-order valence-electron chi connectivity index (χ3n) is 5.05. The molecular formula is C24H23N3O4S. The lowest BCUT2D eigenvalue weighted by atomic mass is 10.1. The van der Waals surface area contributed by atoms with Crippen molar-refractivity contribution in [3.63, 3.8) is 0 Å². The van der Waals surface area contributed by atoms with Crippen LogP contribution in [-0.2, 0) is 6.54 Å². The Kier molecular flexibility index (Phi) is 6.23. The number of carbonyl (C=O) groups is 1. The van der Waals surface area contributed by atoms with E-state index in [0.29, 0.717) is 34.5 Å². The Morgan fingerprint density at radius 2 is 1.78 bits per heavy atom. The number of aryl methyl sites for hydroxylation is 1. The smallest absolute Gasteiger partial charge is 0.260 e. The Bertz CT molecular complexity index is 1230. The van der Waals surface area contributed by atoms with Crippen molar-refractivity contribution < 1.29 is 19.0 Å². The van der Waals surface area contributed by atoms with Gasteiger partial charge in [0.1, 0.15) is 22.8 Å². The standard InChI is InChI=1S/C24H23N3O4S/c1-15-7-8-20(31-4)21-22(15)32-24(26-21)27(14-16-6-5-9-25-13-16)23(28)17-10-18(29-2)12-19(11-17)30-3/h5-13H,14H2,1-4H3. The second kappa shape index (κ2) is 9.23. The first-order valence-corrected chi connectivity index (χ1v) is 10.7. The van der Waals surface area contributed by atoms with E-state index in [1.165, 1.54) is 11.3 Å². The summed E-state index contributed by atoms with van der Waals surface area (Å²) >= 11 is 1.45. The van der Waals surface area contributed by atoms with Gasteiger partial charge in [-0.05, 0) is 42.3 Å². The SMILES string of the molecule is COc1cc(OC)cc(C(=O)N(Cc2cccnc2)c2nc3c(OC)ccc(C)c3s2)c1. The maximum absolute atomic E-state index is 13.7. The number of fused-ring (bicyclic) bond motifs is 1. The fraction of sp³-hybridized carbons (Fsp3) is 0.208. The van der Waals surface area contributed by atoms with Gasteiger partial charge < -0.3 is 14.2 Å². The van der Waals surface area contributed by atoms with Crippen LogP contribution >= 0.6 is 11.3 Å². The summed E-state index contributed by atoms with van der Waals surface area (Å²) in [6, 6.07) is 12.8. The van der Waals surface area contributed by atoms with Gasteiger partial charge in [0.15, 0.2) is 5.13 Å². The summed E-state index contributed by atoms with van der Waals surface area (Å²) in [5.41, 5.74) is 3.13. The average molecular weight is 450 g/mol. The molecule has 0 aliphatic carbocycles. The van der Waals surface area contributed by atoms with Crippen LogP contribution in [0.5, 0.6) is 17.2 Å². The molecule has 0 aliphatic rings. The quantitative estimate of drug-likeness (QED) is 0.401. The summed E-state index contributed by atoms with van der Waals surface area (Å²) in [5.74, 6) is 1.53. The Balaban J connectivity index is 1.84. The molecule has 7 nitrogen and oxygen atoms in total. The molecular weight excluding hydrogens is 426 g/mol. The zero-order chi connectivity index (χ0) is 22.7. The zero-order valence-corrected chi connectivity index (χ0v) is 19.1. The number of carbonyl (C=O) groups excluding carboxylic acids is 1. The fourth-order valence-electron chi connectivity index (χ4n) is 3.37. The lowest BCUT2D eigenvalue weighted by molar-refractivity contribution is 0.0984. The molecule has 0 spiro atoms. The first-order valence-electron chi connectivity index (χ1n) is 9.92. The van der Waals surface area contributed by atoms with Crippen LogP contribution in [0.1, 0.15) is 21.5 Å². The summed E-state index contributed by atoms with van der Waals surface area (Å²) in [7, 11) is 4.72. The molecule has 0 aliphatic heterocycles. The number of aromatic nitrogens is 2. The summed E-state index contributed by atoms with van der Waals surface area (Å²) in [6.07, 6.45) is 3.44. The molecule has 4 aromatic rings. The number of amides is 1. The minimum atomic E-state index is -0.221. The van der Waals surface area contributed by atoms with E-state index in [9.17, 15) is 4.79 Å². The predicted molar refractivity (Wildman–Crippen MR) is 125 cm³/mol. The predicted octanol–water partition coefficient (Wildman–Crippen LogP) is 4.87. The van der Waals surface area contributed by atoms with Crippen LogP contribution in [-0.4, -0.2) is 37.2 Å². The van der Waals surface area contributed by atoms with Gasteiger partial charge in [0.05, 0.1) is 32.6 Å². The van der Waals surface area contributed by atoms with Crippen molar-refractivity contribution in [3.8, 4) is 17.2 Å². The molecule has 1 amide bonds. The Morgan fingerprint density at radius 3 is 2.41 bits per heavy atom. The number of benzene rings is 2. The van der Waals surface area contributed by atoms with E-state index < -0.39 is 0 Å². The molecule has 4 rings (SSSR count). The van der Waals surface area contributed by atoms with Crippen molar-refractivity contribution >= 4 is 32.6 Å². The molecule has 164 valence electrons. The Hall–Kier alpha value is -3.65. The number of hydrogen-bond acceptors (Lipinski definition) is 7. The van der Waals surface area contributed by atoms with Gasteiger partial charge in [0.2, 0.25) is 0 Å². The van der Waals surface area contributed by atoms with Gasteiger partial charge in [-0.25, -0.2) is 4.98 Å². The van der Waals surface area contributed by atoms with E-state index in [0.717, 1.165) is 21.3 Å². The highest BCUT2D eigenvalue weighted by Gasteiger charge is 2.24. The van der Waals surface area contributed by atoms with Gasteiger partial charge in [-0.15, -0.1) is 0 Å². The van der Waals surface area contributed by atoms with E-state index in [1.807, 2.05) is 31.2 Å². The van der Waals surface area contributed by atoms with Gasteiger partial charge in [-0.3, -0.25) is 14.7 Å². The van der Waals surface area contributed by atoms with Crippen LogP contribution < -0.4 is 19.1 Å². The number of thiazole rings is 1. The molecule has 0 atom stereocenters. The first-order chi connectivity index (χ1) is 15.5. The molecule has 0 saturated heterocycles. The lowest BCUT2D eigenvalue weighted by Crippen LogP contribution is -2.30. The average Bonchev–Trinajstić information content (AvgIpc) is 3.29. The maximum Gasteiger partial charge on any atom is 0.260 e. The molecule has 0 N–H and O–H groups in total. The normalized spacial score (nSPS) is 10.8. The lowest BCUT2D eigenvalue weighted by Gasteiger charge is -2.20. The van der Waals surface area contributed by atoms with Crippen LogP contribution in [0.25, 0.3) is 10.2 Å². The van der Waals surface area contributed by atoms with Gasteiger partial charge in [-0.1, -0.05) is 23.5 Å². The number of methoxy groups -OCH3 is 3. The van der Waals surface area contributed by atoms with Crippen LogP contribution in [0, 0.1) is 6.92 Å². The number of pyridine rings is 1. The van der Waals surface area contributed by atoms with Crippen molar-refractivity contribution in [2.45, 2.75) is 13.5 Å². The van der Waals surface area contributed by atoms with Crippen molar-refractivity contribution in [1.29, 1.82) is 0 Å². The van der Waals surface area contributed by atoms with Crippen LogP contribution in [0.2, 0.25) is 0 Å². The third kappa shape index (κ3) is 4.22. The maximum atomic E-state index is 13.7. The van der Waals surface area contributed by atoms with Crippen LogP contribution in [0.4, 0.5) is 5.13 Å². The van der Waals surface area contributed by atoms with Crippen LogP contribution in [0.3, 0.4) is 0 Å². The van der Waals surface area contributed by atoms with Crippen molar-refractivity contribution in [1.82, 2.24) is 9.97 Å². The Morgan fingerprint density at radius 1 is 1.03 bits per heavy atom. The van der Waals surface area contributed by atoms with E-state index in [1.54, 1.807) is 56.8 Å². The highest BCUT2D eigenvalue weighted by molar-refractivity contribution is 7.22. The van der Waals surface area contributed by atoms with Gasteiger partial charge >= 0.3 is 0 Å². The molecule has 8 heteroatoms. The van der Waals surface area contributed by atoms with Crippen molar-refractivity contribution in [2.75, 3.05) is 26.2 Å². The van der Waals surface area contributed by atoms with Gasteiger partial charge in [0.25, 0.3) is 5.91 Å². The van der Waals surface area contributed by atoms with Crippen molar-refractivity contribution in [2.24, 2.45) is 0 Å². The van der Waals surface area contributed by atoms with Crippen LogP contribution in [0.15, 0.2) is 54.9 Å². The molecule has 0 fully saturated rings. The van der Waals surface area contributed by atoms with Crippen molar-refractivity contribution in [3.05, 3.63) is 71.5 Å². The monoisotopic (exact) mass is 449 g/mol. The van der Waals surface area contributed by atoms with Gasteiger partial charge in [0, 0.05) is 24.0 Å². The first kappa shape index (κ1) is 21.6. The summed E-state index contributed by atoms with van der Waals surface area (Å²) in [5, 5.41) is 0.572. The third-order valence-corrected chi connectivity index (χ3v) is 6.26. The Labute approximate surface area is 190 Å². The van der Waals surface area contributed by atoms with E-state index >= 15 is 0 Å². The van der Waals surface area contributed by atoms with E-state index in [2.05, 4.69) is 4.98 Å². The fourth-order valence-corrected chi connectivity index (χ4v) is 4.41. The number of ether oxygens (including phenoxy) is 3. The molecule has 32 heavy (non-hydrogen) atoms. The molecule has 0 saturated carbocycles. The molecule has 2 aromatic heterocycles. The highest BCUT2D eigenvalue weighted by Crippen LogP contribution is 2.37. The highest BCUT2D eigenvalue weighted by atomic mass is 32.1. The minimum Gasteiger partial charge on any atom is -0.497 e. The number of rotatable bonds is 7. The summed E-state index contributed by atoms with van der Waals surface area (Å²) < 4.78 is 17.2. The zero-order valence-electron chi connectivity index (χ0n) is 18.3. The topological polar surface area (TPSA) is 73.8 Å². The molecule has 2 aromatic carbocycles. The largest absolute Gasteiger partial charge is 0.497 e. The molecule has 0 radical (unpaired) electrons. The second-order valence-electron chi connectivity index (χ2n) is 7.11. The number of nitrogens with zero attached hydrogens (tertiary/aromatic N) is 3. The van der Waals surface area contributed by atoms with E-state index in [4.69, 9.17) is 19.2 Å². The minimum absolute atomic E-state index is 0.221. The summed E-state index contributed by atoms with van der Waals surface area (Å²) in [6.45, 7) is 2.33. The summed E-state index contributed by atoms with van der Waals surface area (Å²) in [4.78, 5) is 24.4. The van der Waals surface area contributed by atoms with E-state index in [-0.39, 0.29) is 5.91 Å². The second-order valence-corrected chi connectivity index (χ2v) is 8.09.